The van der Waals surface area contributed by atoms with Gasteiger partial charge in [-0.25, -0.2) is 0 Å². The highest BCUT2D eigenvalue weighted by molar-refractivity contribution is 7.99. The molecule has 1 aromatic rings. The Bertz CT molecular complexity index is 346. The smallest absolute Gasteiger partial charge is 0.306 e. The van der Waals surface area contributed by atoms with Gasteiger partial charge in [0.25, 0.3) is 0 Å². The van der Waals surface area contributed by atoms with Crippen LogP contribution < -0.4 is 0 Å². The van der Waals surface area contributed by atoms with Gasteiger partial charge >= 0.3 is 5.97 Å². The van der Waals surface area contributed by atoms with E-state index in [1.165, 1.54) is 18.2 Å². The van der Waals surface area contributed by atoms with Gasteiger partial charge < -0.3 is 4.74 Å². The van der Waals surface area contributed by atoms with Crippen molar-refractivity contribution in [1.29, 1.82) is 0 Å². The molecule has 0 aliphatic carbocycles. The van der Waals surface area contributed by atoms with Crippen LogP contribution in [0.4, 0.5) is 0 Å². The Morgan fingerprint density at radius 3 is 2.41 bits per heavy atom. The van der Waals surface area contributed by atoms with Crippen LogP contribution in [0.1, 0.15) is 31.4 Å². The molecule has 1 rings (SSSR count). The lowest BCUT2D eigenvalue weighted by Gasteiger charge is -2.09. The zero-order valence-corrected chi connectivity index (χ0v) is 11.5. The third-order valence-electron chi connectivity index (χ3n) is 2.65. The maximum Gasteiger partial charge on any atom is 0.306 e. The summed E-state index contributed by atoms with van der Waals surface area (Å²) in [6, 6.07) is 8.66. The van der Waals surface area contributed by atoms with Crippen molar-refractivity contribution in [3.8, 4) is 0 Å². The molecule has 0 fully saturated rings. The molecule has 2 nitrogen and oxygen atoms in total. The van der Waals surface area contributed by atoms with E-state index in [1.54, 1.807) is 11.8 Å². The Balaban J connectivity index is 2.36. The number of benzene rings is 1. The fourth-order valence-corrected chi connectivity index (χ4v) is 2.41. The highest BCUT2D eigenvalue weighted by Gasteiger charge is 2.09. The topological polar surface area (TPSA) is 26.3 Å². The monoisotopic (exact) mass is 252 g/mol. The van der Waals surface area contributed by atoms with Crippen LogP contribution in [0.2, 0.25) is 0 Å². The van der Waals surface area contributed by atoms with Crippen molar-refractivity contribution < 1.29 is 9.53 Å². The number of hydrogen-bond acceptors (Lipinski definition) is 3. The molecule has 0 aliphatic heterocycles. The Morgan fingerprint density at radius 1 is 1.29 bits per heavy atom. The molecule has 0 heterocycles. The molecule has 0 bridgehead atoms. The second-order valence-electron chi connectivity index (χ2n) is 4.07. The Morgan fingerprint density at radius 2 is 1.88 bits per heavy atom. The van der Waals surface area contributed by atoms with E-state index >= 15 is 0 Å². The molecular formula is C14H20O2S. The van der Waals surface area contributed by atoms with Crippen molar-refractivity contribution in [2.24, 2.45) is 0 Å². The molecule has 0 aromatic heterocycles. The predicted octanol–water partition coefficient (Wildman–Crippen LogP) is 3.43. The Labute approximate surface area is 108 Å². The summed E-state index contributed by atoms with van der Waals surface area (Å²) in [5.74, 6) is 0.814. The standard InChI is InChI=1S/C14H20O2S/c1-4-12-5-7-13(8-6-12)10-17-11(2)9-14(15)16-3/h5-8,11H,4,9-10H2,1-3H3. The van der Waals surface area contributed by atoms with Crippen LogP contribution in [0.25, 0.3) is 0 Å². The molecule has 17 heavy (non-hydrogen) atoms. The van der Waals surface area contributed by atoms with Crippen molar-refractivity contribution in [2.75, 3.05) is 7.11 Å². The Hall–Kier alpha value is -0.960. The fraction of sp³-hybridized carbons (Fsp3) is 0.500. The summed E-state index contributed by atoms with van der Waals surface area (Å²) in [6.07, 6.45) is 1.56. The molecular weight excluding hydrogens is 232 g/mol. The van der Waals surface area contributed by atoms with Crippen LogP contribution in [-0.2, 0) is 21.7 Å². The number of methoxy groups -OCH3 is 1. The average Bonchev–Trinajstić information content (AvgIpc) is 2.36. The molecule has 0 saturated carbocycles. The fourth-order valence-electron chi connectivity index (χ4n) is 1.49. The van der Waals surface area contributed by atoms with Gasteiger partial charge in [0, 0.05) is 11.0 Å². The lowest BCUT2D eigenvalue weighted by atomic mass is 10.1. The number of rotatable bonds is 6. The lowest BCUT2D eigenvalue weighted by Crippen LogP contribution is -2.08. The summed E-state index contributed by atoms with van der Waals surface area (Å²) in [5.41, 5.74) is 2.67. The minimum absolute atomic E-state index is 0.133. The van der Waals surface area contributed by atoms with Crippen molar-refractivity contribution in [2.45, 2.75) is 37.7 Å². The molecule has 0 spiro atoms. The lowest BCUT2D eigenvalue weighted by molar-refractivity contribution is -0.140. The van der Waals surface area contributed by atoms with Gasteiger partial charge in [-0.1, -0.05) is 38.1 Å². The van der Waals surface area contributed by atoms with E-state index in [9.17, 15) is 4.79 Å². The normalized spacial score (nSPS) is 12.2. The molecule has 1 atom stereocenters. The van der Waals surface area contributed by atoms with Crippen LogP contribution in [0.3, 0.4) is 0 Å². The summed E-state index contributed by atoms with van der Waals surface area (Å²) in [7, 11) is 1.43. The SMILES string of the molecule is CCc1ccc(CSC(C)CC(=O)OC)cc1. The number of esters is 1. The molecule has 1 unspecified atom stereocenters. The number of hydrogen-bond donors (Lipinski definition) is 0. The van der Waals surface area contributed by atoms with E-state index in [0.717, 1.165) is 12.2 Å². The summed E-state index contributed by atoms with van der Waals surface area (Å²) in [6.45, 7) is 4.21. The number of aryl methyl sites for hydroxylation is 1. The molecule has 0 N–H and O–H groups in total. The van der Waals surface area contributed by atoms with Gasteiger partial charge in [0.05, 0.1) is 13.5 Å². The van der Waals surface area contributed by atoms with Gasteiger partial charge in [0.2, 0.25) is 0 Å². The summed E-state index contributed by atoms with van der Waals surface area (Å²) in [4.78, 5) is 11.1. The molecule has 0 amide bonds. The molecule has 3 heteroatoms. The van der Waals surface area contributed by atoms with Gasteiger partial charge in [-0.05, 0) is 17.5 Å². The first-order chi connectivity index (χ1) is 8.15. The molecule has 0 aliphatic rings. The molecule has 94 valence electrons. The second kappa shape index (κ2) is 7.38. The maximum absolute atomic E-state index is 11.1. The minimum Gasteiger partial charge on any atom is -0.469 e. The molecule has 1 aromatic carbocycles. The first-order valence-electron chi connectivity index (χ1n) is 5.92. The van der Waals surface area contributed by atoms with Gasteiger partial charge in [-0.15, -0.1) is 0 Å². The quantitative estimate of drug-likeness (QED) is 0.726. The van der Waals surface area contributed by atoms with E-state index in [4.69, 9.17) is 0 Å². The van der Waals surface area contributed by atoms with Gasteiger partial charge in [-0.2, -0.15) is 11.8 Å². The number of thioether (sulfide) groups is 1. The van der Waals surface area contributed by atoms with E-state index in [-0.39, 0.29) is 5.97 Å². The first kappa shape index (κ1) is 14.1. The second-order valence-corrected chi connectivity index (χ2v) is 5.50. The van der Waals surface area contributed by atoms with Crippen molar-refractivity contribution in [1.82, 2.24) is 0 Å². The van der Waals surface area contributed by atoms with Crippen LogP contribution in [0.15, 0.2) is 24.3 Å². The zero-order chi connectivity index (χ0) is 12.7. The van der Waals surface area contributed by atoms with Gasteiger partial charge in [0.1, 0.15) is 0 Å². The third kappa shape index (κ3) is 5.26. The maximum atomic E-state index is 11.1. The Kier molecular flexibility index (Phi) is 6.12. The van der Waals surface area contributed by atoms with Crippen LogP contribution >= 0.6 is 11.8 Å². The van der Waals surface area contributed by atoms with E-state index in [0.29, 0.717) is 11.7 Å². The largest absolute Gasteiger partial charge is 0.469 e. The summed E-state index contributed by atoms with van der Waals surface area (Å²) in [5, 5.41) is 0.299. The predicted molar refractivity (Wildman–Crippen MR) is 73.2 cm³/mol. The van der Waals surface area contributed by atoms with Gasteiger partial charge in [-0.3, -0.25) is 4.79 Å². The van der Waals surface area contributed by atoms with Crippen molar-refractivity contribution >= 4 is 17.7 Å². The molecule has 0 radical (unpaired) electrons. The van der Waals surface area contributed by atoms with Crippen LogP contribution in [-0.4, -0.2) is 18.3 Å². The highest BCUT2D eigenvalue weighted by Crippen LogP contribution is 2.20. The van der Waals surface area contributed by atoms with Crippen molar-refractivity contribution in [3.63, 3.8) is 0 Å². The van der Waals surface area contributed by atoms with Gasteiger partial charge in [0.15, 0.2) is 0 Å². The zero-order valence-electron chi connectivity index (χ0n) is 10.7. The van der Waals surface area contributed by atoms with E-state index in [2.05, 4.69) is 42.8 Å². The molecule has 0 saturated heterocycles. The van der Waals surface area contributed by atoms with Crippen molar-refractivity contribution in [3.05, 3.63) is 35.4 Å². The first-order valence-corrected chi connectivity index (χ1v) is 6.96. The van der Waals surface area contributed by atoms with E-state index in [1.807, 2.05) is 0 Å². The average molecular weight is 252 g/mol. The third-order valence-corrected chi connectivity index (χ3v) is 3.88. The van der Waals surface area contributed by atoms with Crippen LogP contribution in [0.5, 0.6) is 0 Å². The number of carbonyl (C=O) groups excluding carboxylic acids is 1. The highest BCUT2D eigenvalue weighted by atomic mass is 32.2. The summed E-state index contributed by atoms with van der Waals surface area (Å²) >= 11 is 1.79. The van der Waals surface area contributed by atoms with Crippen LogP contribution in [0, 0.1) is 0 Å². The minimum atomic E-state index is -0.133. The number of carbonyl (C=O) groups is 1. The van der Waals surface area contributed by atoms with E-state index < -0.39 is 0 Å². The summed E-state index contributed by atoms with van der Waals surface area (Å²) < 4.78 is 4.65. The number of ether oxygens (including phenoxy) is 1.